The first-order valence-electron chi connectivity index (χ1n) is 10.7. The van der Waals surface area contributed by atoms with Gasteiger partial charge in [0.25, 0.3) is 0 Å². The van der Waals surface area contributed by atoms with Crippen molar-refractivity contribution in [3.05, 3.63) is 65.4 Å². The molecule has 1 aliphatic carbocycles. The van der Waals surface area contributed by atoms with Crippen molar-refractivity contribution in [3.8, 4) is 0 Å². The molecule has 3 aliphatic rings. The fourth-order valence-electron chi connectivity index (χ4n) is 5.31. The average molecular weight is 376 g/mol. The number of anilines is 1. The largest absolute Gasteiger partial charge is 0.381 e. The van der Waals surface area contributed by atoms with E-state index in [1.54, 1.807) is 0 Å². The van der Waals surface area contributed by atoms with Crippen LogP contribution >= 0.6 is 0 Å². The van der Waals surface area contributed by atoms with E-state index in [-0.39, 0.29) is 0 Å². The van der Waals surface area contributed by atoms with Gasteiger partial charge in [0.1, 0.15) is 0 Å². The lowest BCUT2D eigenvalue weighted by Gasteiger charge is -2.45. The summed E-state index contributed by atoms with van der Waals surface area (Å²) in [5, 5.41) is 3.88. The third-order valence-corrected chi connectivity index (χ3v) is 6.45. The number of aryl methyl sites for hydroxylation is 1. The van der Waals surface area contributed by atoms with E-state index in [1.807, 2.05) is 6.21 Å². The first-order valence-corrected chi connectivity index (χ1v) is 10.7. The number of allylic oxidation sites excluding steroid dienone is 4. The topological polar surface area (TPSA) is 27.6 Å². The molecule has 1 saturated heterocycles. The zero-order valence-corrected chi connectivity index (χ0v) is 17.8. The van der Waals surface area contributed by atoms with E-state index < -0.39 is 0 Å². The van der Waals surface area contributed by atoms with Crippen molar-refractivity contribution in [1.29, 1.82) is 0 Å². The molecule has 0 amide bonds. The molecule has 1 aromatic rings. The number of rotatable bonds is 4. The van der Waals surface area contributed by atoms with Gasteiger partial charge in [-0.05, 0) is 69.9 Å². The Morgan fingerprint density at radius 2 is 1.75 bits per heavy atom. The molecule has 4 rings (SSSR count). The molecule has 0 radical (unpaired) electrons. The summed E-state index contributed by atoms with van der Waals surface area (Å²) in [5.74, 6) is 1.46. The summed E-state index contributed by atoms with van der Waals surface area (Å²) >= 11 is 0. The summed E-state index contributed by atoms with van der Waals surface area (Å²) in [7, 11) is 0. The van der Waals surface area contributed by atoms with Gasteiger partial charge >= 0.3 is 0 Å². The molecule has 1 fully saturated rings. The molecule has 2 heterocycles. The summed E-state index contributed by atoms with van der Waals surface area (Å²) in [4.78, 5) is 7.02. The standard InChI is InChI=1S/C25H33N3/c1-16(2)28(17(3)4)19-10-11-20(18(5)14-19)25-22-9-7-6-8-21(22)23-15-26-13-12-24(23)27-25/h6-14,16-17,21-23,25,27H,15H2,1-5H3. The van der Waals surface area contributed by atoms with Gasteiger partial charge in [-0.1, -0.05) is 30.4 Å². The molecule has 0 spiro atoms. The van der Waals surface area contributed by atoms with E-state index in [9.17, 15) is 0 Å². The van der Waals surface area contributed by atoms with Gasteiger partial charge in [0.15, 0.2) is 0 Å². The second kappa shape index (κ2) is 7.62. The van der Waals surface area contributed by atoms with Gasteiger partial charge in [0, 0.05) is 48.1 Å². The number of dihydropyridines is 1. The Morgan fingerprint density at radius 3 is 2.43 bits per heavy atom. The van der Waals surface area contributed by atoms with Crippen LogP contribution < -0.4 is 10.2 Å². The van der Waals surface area contributed by atoms with E-state index in [2.05, 4.69) is 98.4 Å². The Labute approximate surface area is 169 Å². The van der Waals surface area contributed by atoms with E-state index in [0.29, 0.717) is 35.9 Å². The van der Waals surface area contributed by atoms with Crippen LogP contribution in [0.15, 0.2) is 59.3 Å². The molecular formula is C25H33N3. The number of aliphatic imine (C=N–C) groups is 1. The molecule has 0 aromatic heterocycles. The lowest BCUT2D eigenvalue weighted by atomic mass is 9.68. The van der Waals surface area contributed by atoms with E-state index >= 15 is 0 Å². The SMILES string of the molecule is Cc1cc(N(C(C)C)C(C)C)ccc1C1NC2=CC=NCC2C2C=CC=CC12. The lowest BCUT2D eigenvalue weighted by Crippen LogP contribution is -2.45. The first-order chi connectivity index (χ1) is 13.5. The van der Waals surface area contributed by atoms with Crippen LogP contribution in [0.3, 0.4) is 0 Å². The van der Waals surface area contributed by atoms with Crippen LogP contribution in [0, 0.1) is 24.7 Å². The fourth-order valence-corrected chi connectivity index (χ4v) is 5.31. The van der Waals surface area contributed by atoms with Crippen LogP contribution in [0.1, 0.15) is 44.9 Å². The second-order valence-corrected chi connectivity index (χ2v) is 8.92. The Kier molecular flexibility index (Phi) is 5.18. The minimum atomic E-state index is 0.306. The van der Waals surface area contributed by atoms with Crippen molar-refractivity contribution in [1.82, 2.24) is 5.32 Å². The monoisotopic (exact) mass is 375 g/mol. The highest BCUT2D eigenvalue weighted by Crippen LogP contribution is 2.45. The lowest BCUT2D eigenvalue weighted by molar-refractivity contribution is 0.234. The highest BCUT2D eigenvalue weighted by atomic mass is 15.2. The number of nitrogens with zero attached hydrogens (tertiary/aromatic N) is 2. The molecule has 28 heavy (non-hydrogen) atoms. The Hall–Kier alpha value is -2.29. The maximum Gasteiger partial charge on any atom is 0.0582 e. The second-order valence-electron chi connectivity index (χ2n) is 8.92. The molecule has 4 atom stereocenters. The minimum Gasteiger partial charge on any atom is -0.381 e. The molecule has 3 nitrogen and oxygen atoms in total. The van der Waals surface area contributed by atoms with Crippen molar-refractivity contribution in [2.45, 2.75) is 52.7 Å². The smallest absolute Gasteiger partial charge is 0.0582 e. The van der Waals surface area contributed by atoms with Crippen molar-refractivity contribution >= 4 is 11.9 Å². The quantitative estimate of drug-likeness (QED) is 0.783. The molecule has 2 aliphatic heterocycles. The summed E-state index contributed by atoms with van der Waals surface area (Å²) in [6.07, 6.45) is 13.3. The predicted octanol–water partition coefficient (Wildman–Crippen LogP) is 5.21. The van der Waals surface area contributed by atoms with Gasteiger partial charge in [0.05, 0.1) is 6.04 Å². The Bertz CT molecular complexity index is 835. The predicted molar refractivity (Wildman–Crippen MR) is 120 cm³/mol. The van der Waals surface area contributed by atoms with Gasteiger partial charge < -0.3 is 10.2 Å². The Balaban J connectivity index is 1.70. The van der Waals surface area contributed by atoms with Crippen molar-refractivity contribution in [2.75, 3.05) is 11.4 Å². The molecule has 0 saturated carbocycles. The molecule has 0 bridgehead atoms. The normalized spacial score (nSPS) is 28.0. The third kappa shape index (κ3) is 3.32. The Morgan fingerprint density at radius 1 is 1.04 bits per heavy atom. The maximum atomic E-state index is 4.53. The van der Waals surface area contributed by atoms with Crippen molar-refractivity contribution < 1.29 is 0 Å². The summed E-state index contributed by atoms with van der Waals surface area (Å²) in [6.45, 7) is 12.2. The number of benzene rings is 1. The van der Waals surface area contributed by atoms with Gasteiger partial charge in [-0.3, -0.25) is 4.99 Å². The van der Waals surface area contributed by atoms with Crippen LogP contribution in [0.25, 0.3) is 0 Å². The van der Waals surface area contributed by atoms with Gasteiger partial charge in [-0.15, -0.1) is 0 Å². The summed E-state index contributed by atoms with van der Waals surface area (Å²) < 4.78 is 0. The van der Waals surface area contributed by atoms with Crippen LogP contribution in [0.4, 0.5) is 5.69 Å². The van der Waals surface area contributed by atoms with Crippen LogP contribution in [-0.4, -0.2) is 24.8 Å². The van der Waals surface area contributed by atoms with Crippen molar-refractivity contribution in [2.24, 2.45) is 22.7 Å². The minimum absolute atomic E-state index is 0.306. The van der Waals surface area contributed by atoms with E-state index in [1.165, 1.54) is 22.5 Å². The van der Waals surface area contributed by atoms with Gasteiger partial charge in [-0.25, -0.2) is 0 Å². The van der Waals surface area contributed by atoms with Crippen LogP contribution in [-0.2, 0) is 0 Å². The van der Waals surface area contributed by atoms with Crippen molar-refractivity contribution in [3.63, 3.8) is 0 Å². The van der Waals surface area contributed by atoms with E-state index in [4.69, 9.17) is 0 Å². The number of fused-ring (bicyclic) bond motifs is 3. The van der Waals surface area contributed by atoms with Crippen LogP contribution in [0.5, 0.6) is 0 Å². The molecule has 4 unspecified atom stereocenters. The fraction of sp³-hybridized carbons (Fsp3) is 0.480. The number of hydrogen-bond acceptors (Lipinski definition) is 3. The number of piperidine rings is 1. The third-order valence-electron chi connectivity index (χ3n) is 6.45. The van der Waals surface area contributed by atoms with Gasteiger partial charge in [-0.2, -0.15) is 0 Å². The highest BCUT2D eigenvalue weighted by molar-refractivity contribution is 5.73. The molecular weight excluding hydrogens is 342 g/mol. The number of hydrogen-bond donors (Lipinski definition) is 1. The van der Waals surface area contributed by atoms with Gasteiger partial charge in [0.2, 0.25) is 0 Å². The number of nitrogens with one attached hydrogen (secondary N) is 1. The highest BCUT2D eigenvalue weighted by Gasteiger charge is 2.41. The van der Waals surface area contributed by atoms with Crippen LogP contribution in [0.2, 0.25) is 0 Å². The maximum absolute atomic E-state index is 4.53. The van der Waals surface area contributed by atoms with E-state index in [0.717, 1.165) is 6.54 Å². The zero-order valence-electron chi connectivity index (χ0n) is 17.8. The molecule has 1 aromatic carbocycles. The molecule has 148 valence electrons. The zero-order chi connectivity index (χ0) is 19.8. The first kappa shape index (κ1) is 19.0. The average Bonchev–Trinajstić information content (AvgIpc) is 2.67. The summed E-state index contributed by atoms with van der Waals surface area (Å²) in [6, 6.07) is 8.31. The summed E-state index contributed by atoms with van der Waals surface area (Å²) in [5.41, 5.74) is 5.44. The molecule has 1 N–H and O–H groups in total. The molecule has 3 heteroatoms.